The normalized spacial score (nSPS) is 11.1. The van der Waals surface area contributed by atoms with E-state index in [1.165, 1.54) is 0 Å². The van der Waals surface area contributed by atoms with Crippen LogP contribution in [0.4, 0.5) is 0 Å². The first-order chi connectivity index (χ1) is 12.7. The molecule has 26 heavy (non-hydrogen) atoms. The van der Waals surface area contributed by atoms with Crippen molar-refractivity contribution in [2.45, 2.75) is 19.9 Å². The van der Waals surface area contributed by atoms with Crippen LogP contribution in [0.1, 0.15) is 19.4 Å². The molecular formula is C20H32NO4P. The summed E-state index contributed by atoms with van der Waals surface area (Å²) in [5.41, 5.74) is 4.09. The van der Waals surface area contributed by atoms with Crippen LogP contribution >= 0.6 is 8.58 Å². The quantitative estimate of drug-likeness (QED) is 0.305. The lowest BCUT2D eigenvalue weighted by atomic mass is 10.2. The van der Waals surface area contributed by atoms with Crippen LogP contribution in [0.3, 0.4) is 0 Å². The van der Waals surface area contributed by atoms with E-state index in [4.69, 9.17) is 18.9 Å². The highest BCUT2D eigenvalue weighted by atomic mass is 31.1. The molecule has 1 aromatic rings. The van der Waals surface area contributed by atoms with Crippen molar-refractivity contribution in [3.63, 3.8) is 0 Å². The van der Waals surface area contributed by atoms with Crippen LogP contribution in [0.25, 0.3) is 0 Å². The summed E-state index contributed by atoms with van der Waals surface area (Å²) in [4.78, 5) is 0. The van der Waals surface area contributed by atoms with Crippen LogP contribution in [-0.2, 0) is 14.2 Å². The second kappa shape index (κ2) is 16.1. The van der Waals surface area contributed by atoms with Gasteiger partial charge in [-0.25, -0.2) is 0 Å². The highest BCUT2D eigenvalue weighted by Gasteiger charge is 1.96. The number of rotatable bonds is 14. The van der Waals surface area contributed by atoms with E-state index in [0.29, 0.717) is 60.9 Å². The molecule has 0 spiro atoms. The van der Waals surface area contributed by atoms with Gasteiger partial charge in [0.15, 0.2) is 0 Å². The summed E-state index contributed by atoms with van der Waals surface area (Å²) in [6.45, 7) is 11.3. The molecule has 146 valence electrons. The Bertz CT molecular complexity index is 511. The van der Waals surface area contributed by atoms with Crippen molar-refractivity contribution in [1.82, 2.24) is 5.32 Å². The van der Waals surface area contributed by atoms with Crippen molar-refractivity contribution in [2.75, 3.05) is 59.5 Å². The Hall–Kier alpha value is -1.15. The molecule has 0 aliphatic carbocycles. The SMILES string of the molecule is CPC#Cc1ccc(OCCOCCOCCOCCNC(C)C)cc1. The third-order valence-corrected chi connectivity index (χ3v) is 3.60. The molecule has 0 fully saturated rings. The monoisotopic (exact) mass is 381 g/mol. The van der Waals surface area contributed by atoms with E-state index in [0.717, 1.165) is 17.9 Å². The Morgan fingerprint density at radius 2 is 1.46 bits per heavy atom. The van der Waals surface area contributed by atoms with Crippen LogP contribution in [0.2, 0.25) is 0 Å². The van der Waals surface area contributed by atoms with E-state index in [2.05, 4.69) is 37.4 Å². The summed E-state index contributed by atoms with van der Waals surface area (Å²) >= 11 is 0. The molecule has 1 atom stereocenters. The average molecular weight is 381 g/mol. The molecular weight excluding hydrogens is 349 g/mol. The van der Waals surface area contributed by atoms with Crippen molar-refractivity contribution in [2.24, 2.45) is 0 Å². The molecule has 0 aliphatic rings. The first kappa shape index (κ1) is 22.9. The van der Waals surface area contributed by atoms with Crippen LogP contribution in [-0.4, -0.2) is 65.5 Å². The summed E-state index contributed by atoms with van der Waals surface area (Å²) in [5, 5.41) is 3.30. The molecule has 5 nitrogen and oxygen atoms in total. The third kappa shape index (κ3) is 13.1. The van der Waals surface area contributed by atoms with E-state index in [9.17, 15) is 0 Å². The molecule has 0 heterocycles. The van der Waals surface area contributed by atoms with Gasteiger partial charge in [0.25, 0.3) is 0 Å². The fraction of sp³-hybridized carbons (Fsp3) is 0.600. The van der Waals surface area contributed by atoms with Gasteiger partial charge in [0.2, 0.25) is 0 Å². The maximum atomic E-state index is 5.63. The number of nitrogens with one attached hydrogen (secondary N) is 1. The van der Waals surface area contributed by atoms with Gasteiger partial charge in [0, 0.05) is 18.2 Å². The zero-order valence-corrected chi connectivity index (χ0v) is 17.2. The second-order valence-electron chi connectivity index (χ2n) is 5.82. The van der Waals surface area contributed by atoms with Gasteiger partial charge >= 0.3 is 0 Å². The second-order valence-corrected chi connectivity index (χ2v) is 6.57. The Balaban J connectivity index is 1.89. The minimum atomic E-state index is 0.496. The molecule has 0 saturated heterocycles. The Morgan fingerprint density at radius 1 is 0.885 bits per heavy atom. The van der Waals surface area contributed by atoms with Gasteiger partial charge in [0.05, 0.1) is 39.6 Å². The van der Waals surface area contributed by atoms with E-state index in [1.807, 2.05) is 24.3 Å². The van der Waals surface area contributed by atoms with Crippen LogP contribution in [0.15, 0.2) is 24.3 Å². The fourth-order valence-corrected chi connectivity index (χ4v) is 2.22. The lowest BCUT2D eigenvalue weighted by Crippen LogP contribution is -2.27. The van der Waals surface area contributed by atoms with E-state index >= 15 is 0 Å². The number of benzene rings is 1. The van der Waals surface area contributed by atoms with Crippen molar-refractivity contribution < 1.29 is 18.9 Å². The molecule has 0 amide bonds. The minimum absolute atomic E-state index is 0.496. The van der Waals surface area contributed by atoms with Crippen molar-refractivity contribution in [1.29, 1.82) is 0 Å². The summed E-state index contributed by atoms with van der Waals surface area (Å²) in [5.74, 6) is 3.93. The molecule has 1 aromatic carbocycles. The molecule has 6 heteroatoms. The minimum Gasteiger partial charge on any atom is -0.491 e. The average Bonchev–Trinajstić information content (AvgIpc) is 2.64. The maximum absolute atomic E-state index is 5.63. The molecule has 0 aromatic heterocycles. The maximum Gasteiger partial charge on any atom is 0.119 e. The third-order valence-electron chi connectivity index (χ3n) is 3.23. The predicted molar refractivity (Wildman–Crippen MR) is 109 cm³/mol. The molecule has 0 saturated carbocycles. The molecule has 0 bridgehead atoms. The largest absolute Gasteiger partial charge is 0.491 e. The topological polar surface area (TPSA) is 49.0 Å². The van der Waals surface area contributed by atoms with Crippen molar-refractivity contribution in [3.8, 4) is 17.3 Å². The predicted octanol–water partition coefficient (Wildman–Crippen LogP) is 2.73. The molecule has 1 unspecified atom stereocenters. The summed E-state index contributed by atoms with van der Waals surface area (Å²) in [7, 11) is 0.650. The molecule has 1 rings (SSSR count). The van der Waals surface area contributed by atoms with Gasteiger partial charge in [-0.05, 0) is 39.5 Å². The van der Waals surface area contributed by atoms with E-state index in [-0.39, 0.29) is 0 Å². The number of hydrogen-bond acceptors (Lipinski definition) is 5. The Labute approximate surface area is 159 Å². The highest BCUT2D eigenvalue weighted by molar-refractivity contribution is 7.43. The van der Waals surface area contributed by atoms with Gasteiger partial charge in [-0.3, -0.25) is 0 Å². The van der Waals surface area contributed by atoms with E-state index < -0.39 is 0 Å². The number of hydrogen-bond donors (Lipinski definition) is 1. The Morgan fingerprint density at radius 3 is 2.04 bits per heavy atom. The standard InChI is InChI=1S/C20H32NO4P/c1-18(2)21-9-10-22-11-12-23-13-14-24-15-16-25-20-6-4-19(5-7-20)8-17-26-3/h4-7,18,21,26H,9-16H2,1-3H3. The zero-order valence-electron chi connectivity index (χ0n) is 16.2. The van der Waals surface area contributed by atoms with Crippen molar-refractivity contribution in [3.05, 3.63) is 29.8 Å². The van der Waals surface area contributed by atoms with Crippen LogP contribution in [0, 0.1) is 11.6 Å². The Kier molecular flexibility index (Phi) is 14.1. The smallest absolute Gasteiger partial charge is 0.119 e. The first-order valence-electron chi connectivity index (χ1n) is 9.09. The zero-order chi connectivity index (χ0) is 18.9. The van der Waals surface area contributed by atoms with Gasteiger partial charge in [-0.2, -0.15) is 0 Å². The van der Waals surface area contributed by atoms with Crippen LogP contribution < -0.4 is 10.1 Å². The summed E-state index contributed by atoms with van der Waals surface area (Å²) in [6.07, 6.45) is 0. The fourth-order valence-electron chi connectivity index (χ4n) is 1.95. The van der Waals surface area contributed by atoms with Crippen LogP contribution in [0.5, 0.6) is 5.75 Å². The molecule has 0 aliphatic heterocycles. The molecule has 0 radical (unpaired) electrons. The molecule has 1 N–H and O–H groups in total. The lowest BCUT2D eigenvalue weighted by Gasteiger charge is -2.09. The van der Waals surface area contributed by atoms with Gasteiger partial charge in [-0.1, -0.05) is 25.4 Å². The highest BCUT2D eigenvalue weighted by Crippen LogP contribution is 2.11. The van der Waals surface area contributed by atoms with Gasteiger partial charge in [0.1, 0.15) is 12.4 Å². The number of ether oxygens (including phenoxy) is 4. The van der Waals surface area contributed by atoms with Gasteiger partial charge in [-0.15, -0.1) is 0 Å². The van der Waals surface area contributed by atoms with Gasteiger partial charge < -0.3 is 24.3 Å². The first-order valence-corrected chi connectivity index (χ1v) is 10.6. The van der Waals surface area contributed by atoms with Crippen molar-refractivity contribution >= 4 is 8.58 Å². The van der Waals surface area contributed by atoms with E-state index in [1.54, 1.807) is 0 Å². The summed E-state index contributed by atoms with van der Waals surface area (Å²) < 4.78 is 22.0. The lowest BCUT2D eigenvalue weighted by molar-refractivity contribution is 0.00971. The summed E-state index contributed by atoms with van der Waals surface area (Å²) in [6, 6.07) is 8.30.